The van der Waals surface area contributed by atoms with Gasteiger partial charge in [-0.15, -0.1) is 0 Å². The molecule has 1 aliphatic carbocycles. The van der Waals surface area contributed by atoms with Crippen molar-refractivity contribution in [3.05, 3.63) is 23.6 Å². The second-order valence-corrected chi connectivity index (χ2v) is 9.95. The topological polar surface area (TPSA) is 93.4 Å². The van der Waals surface area contributed by atoms with Crippen LogP contribution in [0.1, 0.15) is 46.5 Å². The molecule has 0 saturated heterocycles. The zero-order chi connectivity index (χ0) is 19.9. The van der Waals surface area contributed by atoms with Gasteiger partial charge in [0.25, 0.3) is 0 Å². The molecule has 2 N–H and O–H groups in total. The van der Waals surface area contributed by atoms with Gasteiger partial charge in [-0.25, -0.2) is 26.5 Å². The molecule has 1 aromatic rings. The molecule has 1 amide bonds. The zero-order valence-electron chi connectivity index (χ0n) is 14.8. The zero-order valence-corrected chi connectivity index (χ0v) is 15.6. The number of aromatic nitrogens is 1. The molecule has 1 heterocycles. The third-order valence-electron chi connectivity index (χ3n) is 4.57. The van der Waals surface area contributed by atoms with Gasteiger partial charge in [0.1, 0.15) is 0 Å². The minimum atomic E-state index is -4.16. The molecule has 1 saturated carbocycles. The average molecular weight is 393 g/mol. The second kappa shape index (κ2) is 7.05. The van der Waals surface area contributed by atoms with Gasteiger partial charge in [0.15, 0.2) is 17.5 Å². The smallest absolute Gasteiger partial charge is 0.241 e. The number of carbonyl (C=O) groups excluding carboxylic acids is 1. The quantitative estimate of drug-likeness (QED) is 0.850. The minimum absolute atomic E-state index is 0.225. The molecular formula is C16H22F3N3O3S. The molecule has 1 fully saturated rings. The van der Waals surface area contributed by atoms with E-state index in [4.69, 9.17) is 5.73 Å². The van der Waals surface area contributed by atoms with Crippen molar-refractivity contribution >= 4 is 21.7 Å². The van der Waals surface area contributed by atoms with Gasteiger partial charge in [-0.3, -0.25) is 4.79 Å². The third kappa shape index (κ3) is 3.65. The van der Waals surface area contributed by atoms with Gasteiger partial charge in [-0.05, 0) is 46.5 Å². The number of nitrogens with zero attached hydrogens (tertiary/aromatic N) is 2. The Bertz CT molecular complexity index is 801. The predicted molar refractivity (Wildman–Crippen MR) is 90.2 cm³/mol. The maximum Gasteiger partial charge on any atom is 0.241 e. The van der Waals surface area contributed by atoms with Crippen molar-refractivity contribution in [1.29, 1.82) is 0 Å². The van der Waals surface area contributed by atoms with Gasteiger partial charge in [-0.1, -0.05) is 0 Å². The van der Waals surface area contributed by atoms with Gasteiger partial charge in [0.05, 0.1) is 10.9 Å². The summed E-state index contributed by atoms with van der Waals surface area (Å²) >= 11 is 0. The van der Waals surface area contributed by atoms with E-state index in [0.29, 0.717) is 19.0 Å². The molecule has 26 heavy (non-hydrogen) atoms. The van der Waals surface area contributed by atoms with Crippen molar-refractivity contribution in [2.24, 2.45) is 11.7 Å². The first kappa shape index (κ1) is 20.5. The monoisotopic (exact) mass is 393 g/mol. The second-order valence-electron chi connectivity index (χ2n) is 7.38. The van der Waals surface area contributed by atoms with Crippen molar-refractivity contribution in [2.45, 2.75) is 57.2 Å². The van der Waals surface area contributed by atoms with Crippen LogP contribution < -0.4 is 10.0 Å². The highest BCUT2D eigenvalue weighted by molar-refractivity contribution is 7.94. The molecule has 2 rings (SSSR count). The van der Waals surface area contributed by atoms with E-state index >= 15 is 0 Å². The molecular weight excluding hydrogens is 371 g/mol. The Morgan fingerprint density at radius 2 is 1.69 bits per heavy atom. The van der Waals surface area contributed by atoms with E-state index in [1.54, 1.807) is 0 Å². The number of halogens is 3. The molecule has 6 nitrogen and oxygen atoms in total. The fraction of sp³-hybridized carbons (Fsp3) is 0.625. The van der Waals surface area contributed by atoms with Crippen LogP contribution >= 0.6 is 0 Å². The molecule has 0 radical (unpaired) electrons. The molecule has 0 atom stereocenters. The number of amides is 1. The Balaban J connectivity index is 2.52. The number of sulfonamides is 1. The van der Waals surface area contributed by atoms with E-state index in [1.807, 2.05) is 0 Å². The maximum atomic E-state index is 14.3. The number of anilines is 1. The summed E-state index contributed by atoms with van der Waals surface area (Å²) in [6.45, 7) is 4.26. The maximum absolute atomic E-state index is 14.3. The number of hydrogen-bond donors (Lipinski definition) is 1. The van der Waals surface area contributed by atoms with Crippen molar-refractivity contribution < 1.29 is 26.4 Å². The first-order valence-electron chi connectivity index (χ1n) is 8.20. The summed E-state index contributed by atoms with van der Waals surface area (Å²) in [5.41, 5.74) is 5.28. The lowest BCUT2D eigenvalue weighted by Gasteiger charge is -2.39. The molecule has 146 valence electrons. The van der Waals surface area contributed by atoms with Crippen LogP contribution in [-0.2, 0) is 14.8 Å². The first-order chi connectivity index (χ1) is 11.9. The number of pyridine rings is 1. The normalized spacial score (nSPS) is 21.5. The first-order valence-corrected chi connectivity index (χ1v) is 9.64. The summed E-state index contributed by atoms with van der Waals surface area (Å²) in [6, 6.07) is -0.735. The van der Waals surface area contributed by atoms with Crippen molar-refractivity contribution in [3.63, 3.8) is 0 Å². The third-order valence-corrected chi connectivity index (χ3v) is 7.11. The summed E-state index contributed by atoms with van der Waals surface area (Å²) in [6.07, 6.45) is 1.54. The van der Waals surface area contributed by atoms with Crippen molar-refractivity contribution in [2.75, 3.05) is 4.31 Å². The summed E-state index contributed by atoms with van der Waals surface area (Å²) in [7, 11) is -4.16. The molecule has 0 unspecified atom stereocenters. The Morgan fingerprint density at radius 3 is 2.15 bits per heavy atom. The van der Waals surface area contributed by atoms with Crippen LogP contribution in [0.5, 0.6) is 0 Å². The number of carbonyl (C=O) groups is 1. The van der Waals surface area contributed by atoms with Gasteiger partial charge >= 0.3 is 0 Å². The number of primary amides is 1. The van der Waals surface area contributed by atoms with Gasteiger partial charge in [0.2, 0.25) is 21.7 Å². The molecule has 10 heteroatoms. The van der Waals surface area contributed by atoms with Crippen LogP contribution in [0.4, 0.5) is 19.0 Å². The average Bonchev–Trinajstić information content (AvgIpc) is 2.54. The van der Waals surface area contributed by atoms with Crippen LogP contribution in [-0.4, -0.2) is 30.1 Å². The number of nitrogens with two attached hydrogens (primary N) is 1. The van der Waals surface area contributed by atoms with Crippen molar-refractivity contribution in [1.82, 2.24) is 4.98 Å². The Kier molecular flexibility index (Phi) is 5.55. The van der Waals surface area contributed by atoms with E-state index < -0.39 is 55.9 Å². The highest BCUT2D eigenvalue weighted by atomic mass is 32.2. The molecule has 0 bridgehead atoms. The number of rotatable bonds is 4. The predicted octanol–water partition coefficient (Wildman–Crippen LogP) is 2.48. The summed E-state index contributed by atoms with van der Waals surface area (Å²) in [4.78, 5) is 14.8. The summed E-state index contributed by atoms with van der Waals surface area (Å²) < 4.78 is 66.7. The van der Waals surface area contributed by atoms with Crippen LogP contribution in [0.25, 0.3) is 0 Å². The highest BCUT2D eigenvalue weighted by Crippen LogP contribution is 2.36. The fourth-order valence-electron chi connectivity index (χ4n) is 2.96. The molecule has 0 aliphatic heterocycles. The molecule has 0 aromatic carbocycles. The van der Waals surface area contributed by atoms with Crippen LogP contribution in [0.15, 0.2) is 6.20 Å². The van der Waals surface area contributed by atoms with Crippen LogP contribution in [0.2, 0.25) is 0 Å². The van der Waals surface area contributed by atoms with E-state index in [2.05, 4.69) is 4.98 Å². The molecule has 1 aromatic heterocycles. The van der Waals surface area contributed by atoms with E-state index in [1.165, 1.54) is 20.8 Å². The Hall–Kier alpha value is -1.84. The van der Waals surface area contributed by atoms with E-state index in [-0.39, 0.29) is 12.8 Å². The fourth-order valence-corrected chi connectivity index (χ4v) is 4.51. The van der Waals surface area contributed by atoms with Crippen molar-refractivity contribution in [3.8, 4) is 0 Å². The van der Waals surface area contributed by atoms with Crippen LogP contribution in [0, 0.1) is 23.4 Å². The lowest BCUT2D eigenvalue weighted by molar-refractivity contribution is -0.122. The lowest BCUT2D eigenvalue weighted by atomic mass is 9.85. The standard InChI is InChI=1S/C16H22F3N3O3S/c1-16(2,3)26(24,25)22(10-6-4-9(5-7-10)14(20)23)15-13(19)12(18)11(17)8-21-15/h8-10H,4-7H2,1-3H3,(H2,20,23). The molecule has 0 spiro atoms. The minimum Gasteiger partial charge on any atom is -0.369 e. The van der Waals surface area contributed by atoms with Gasteiger partial charge in [0, 0.05) is 12.0 Å². The summed E-state index contributed by atoms with van der Waals surface area (Å²) in [5.74, 6) is -6.60. The van der Waals surface area contributed by atoms with Crippen LogP contribution in [0.3, 0.4) is 0 Å². The van der Waals surface area contributed by atoms with Gasteiger partial charge < -0.3 is 5.73 Å². The SMILES string of the molecule is CC(C)(C)S(=O)(=O)N(c1ncc(F)c(F)c1F)C1CCC(C(N)=O)CC1. The lowest BCUT2D eigenvalue weighted by Crippen LogP contribution is -2.51. The van der Waals surface area contributed by atoms with E-state index in [9.17, 15) is 26.4 Å². The largest absolute Gasteiger partial charge is 0.369 e. The van der Waals surface area contributed by atoms with Gasteiger partial charge in [-0.2, -0.15) is 4.39 Å². The summed E-state index contributed by atoms with van der Waals surface area (Å²) in [5, 5.41) is 0. The molecule has 1 aliphatic rings. The highest BCUT2D eigenvalue weighted by Gasteiger charge is 2.43. The Labute approximate surface area is 150 Å². The number of hydrogen-bond acceptors (Lipinski definition) is 4. The van der Waals surface area contributed by atoms with E-state index in [0.717, 1.165) is 4.31 Å². The Morgan fingerprint density at radius 1 is 1.15 bits per heavy atom.